The van der Waals surface area contributed by atoms with Gasteiger partial charge in [-0.2, -0.15) is 0 Å². The molecule has 0 saturated carbocycles. The van der Waals surface area contributed by atoms with Crippen LogP contribution in [0.4, 0.5) is 0 Å². The monoisotopic (exact) mass is 237 g/mol. The van der Waals surface area contributed by atoms with Crippen LogP contribution in [0, 0.1) is 5.92 Å². The number of hydrogen-bond donors (Lipinski definition) is 2. The van der Waals surface area contributed by atoms with Crippen molar-refractivity contribution >= 4 is 5.71 Å². The van der Waals surface area contributed by atoms with Gasteiger partial charge in [-0.05, 0) is 25.0 Å². The quantitative estimate of drug-likeness (QED) is 0.470. The van der Waals surface area contributed by atoms with E-state index in [1.54, 1.807) is 25.1 Å². The van der Waals surface area contributed by atoms with E-state index in [0.717, 1.165) is 6.42 Å². The highest BCUT2D eigenvalue weighted by atomic mass is 16.5. The summed E-state index contributed by atoms with van der Waals surface area (Å²) >= 11 is 0. The fraction of sp³-hybridized carbons (Fsp3) is 0.462. The van der Waals surface area contributed by atoms with Crippen molar-refractivity contribution in [2.45, 2.75) is 27.2 Å². The highest BCUT2D eigenvalue weighted by Gasteiger charge is 2.11. The molecule has 94 valence electrons. The second-order valence-corrected chi connectivity index (χ2v) is 4.16. The average Bonchev–Trinajstić information content (AvgIpc) is 2.36. The predicted octanol–water partition coefficient (Wildman–Crippen LogP) is 3.02. The van der Waals surface area contributed by atoms with Crippen molar-refractivity contribution in [2.24, 2.45) is 11.1 Å². The van der Waals surface area contributed by atoms with Crippen molar-refractivity contribution in [3.63, 3.8) is 0 Å². The molecule has 4 heteroatoms. The van der Waals surface area contributed by atoms with Crippen molar-refractivity contribution in [1.82, 2.24) is 0 Å². The summed E-state index contributed by atoms with van der Waals surface area (Å²) < 4.78 is 5.54. The number of nitrogens with zero attached hydrogens (tertiary/aromatic N) is 1. The second kappa shape index (κ2) is 6.13. The van der Waals surface area contributed by atoms with Crippen LogP contribution in [0.3, 0.4) is 0 Å². The van der Waals surface area contributed by atoms with Gasteiger partial charge in [0.2, 0.25) is 0 Å². The Balaban J connectivity index is 2.87. The van der Waals surface area contributed by atoms with E-state index in [4.69, 9.17) is 9.94 Å². The zero-order valence-corrected chi connectivity index (χ0v) is 10.5. The normalized spacial score (nSPS) is 13.5. The molecule has 0 fully saturated rings. The number of oxime groups is 1. The van der Waals surface area contributed by atoms with Gasteiger partial charge in [0, 0.05) is 5.56 Å². The van der Waals surface area contributed by atoms with E-state index in [1.807, 2.05) is 0 Å². The first-order valence-electron chi connectivity index (χ1n) is 5.73. The summed E-state index contributed by atoms with van der Waals surface area (Å²) in [6.07, 6.45) is 1.03. The van der Waals surface area contributed by atoms with Gasteiger partial charge in [-0.15, -0.1) is 0 Å². The third-order valence-corrected chi connectivity index (χ3v) is 2.76. The minimum Gasteiger partial charge on any atom is -0.504 e. The summed E-state index contributed by atoms with van der Waals surface area (Å²) in [5.74, 6) is 0.877. The Hall–Kier alpha value is -1.71. The standard InChI is InChI=1S/C13H19NO3/c1-4-9(2)8-17-12-7-5-6-11(13(12)15)10(3)14-16/h5-7,9,15-16H,4,8H2,1-3H3/b14-10+. The minimum absolute atomic E-state index is 0.0195. The number of hydrogen-bond acceptors (Lipinski definition) is 4. The first-order valence-corrected chi connectivity index (χ1v) is 5.73. The van der Waals surface area contributed by atoms with Crippen LogP contribution in [0.5, 0.6) is 11.5 Å². The molecule has 1 aromatic carbocycles. The van der Waals surface area contributed by atoms with Crippen LogP contribution in [0.15, 0.2) is 23.4 Å². The van der Waals surface area contributed by atoms with Crippen molar-refractivity contribution in [3.8, 4) is 11.5 Å². The lowest BCUT2D eigenvalue weighted by atomic mass is 10.1. The van der Waals surface area contributed by atoms with Crippen LogP contribution in [0.25, 0.3) is 0 Å². The van der Waals surface area contributed by atoms with E-state index in [-0.39, 0.29) is 5.75 Å². The summed E-state index contributed by atoms with van der Waals surface area (Å²) in [6, 6.07) is 5.14. The first kappa shape index (κ1) is 13.4. The molecule has 4 nitrogen and oxygen atoms in total. The van der Waals surface area contributed by atoms with Gasteiger partial charge in [-0.1, -0.05) is 31.5 Å². The Morgan fingerprint density at radius 3 is 2.76 bits per heavy atom. The number of phenols is 1. The molecule has 0 heterocycles. The molecule has 1 aromatic rings. The molecule has 0 aromatic heterocycles. The molecule has 0 aliphatic carbocycles. The van der Waals surface area contributed by atoms with E-state index in [1.165, 1.54) is 0 Å². The molecule has 0 saturated heterocycles. The van der Waals surface area contributed by atoms with Crippen molar-refractivity contribution in [1.29, 1.82) is 0 Å². The second-order valence-electron chi connectivity index (χ2n) is 4.16. The van der Waals surface area contributed by atoms with Gasteiger partial charge in [-0.3, -0.25) is 0 Å². The Morgan fingerprint density at radius 2 is 2.18 bits per heavy atom. The van der Waals surface area contributed by atoms with Crippen LogP contribution < -0.4 is 4.74 Å². The number of benzene rings is 1. The van der Waals surface area contributed by atoms with E-state index >= 15 is 0 Å². The maximum Gasteiger partial charge on any atom is 0.167 e. The zero-order chi connectivity index (χ0) is 12.8. The van der Waals surface area contributed by atoms with Gasteiger partial charge in [-0.25, -0.2) is 0 Å². The molecule has 0 aliphatic heterocycles. The lowest BCUT2D eigenvalue weighted by Crippen LogP contribution is -2.08. The fourth-order valence-electron chi connectivity index (χ4n) is 1.33. The molecule has 0 amide bonds. The number of rotatable bonds is 5. The molecule has 17 heavy (non-hydrogen) atoms. The van der Waals surface area contributed by atoms with Gasteiger partial charge in [0.25, 0.3) is 0 Å². The maximum absolute atomic E-state index is 9.96. The highest BCUT2D eigenvalue weighted by molar-refractivity contribution is 6.01. The third-order valence-electron chi connectivity index (χ3n) is 2.76. The van der Waals surface area contributed by atoms with Gasteiger partial charge >= 0.3 is 0 Å². The topological polar surface area (TPSA) is 62.0 Å². The van der Waals surface area contributed by atoms with Crippen molar-refractivity contribution in [3.05, 3.63) is 23.8 Å². The Kier molecular flexibility index (Phi) is 4.82. The maximum atomic E-state index is 9.96. The summed E-state index contributed by atoms with van der Waals surface area (Å²) in [4.78, 5) is 0. The Morgan fingerprint density at radius 1 is 1.47 bits per heavy atom. The van der Waals surface area contributed by atoms with Crippen LogP contribution in [0.1, 0.15) is 32.8 Å². The van der Waals surface area contributed by atoms with E-state index < -0.39 is 0 Å². The molecule has 2 N–H and O–H groups in total. The minimum atomic E-state index is 0.0195. The molecule has 1 atom stereocenters. The van der Waals surface area contributed by atoms with Crippen molar-refractivity contribution < 1.29 is 15.1 Å². The van der Waals surface area contributed by atoms with E-state index in [9.17, 15) is 5.11 Å². The molecular formula is C13H19NO3. The SMILES string of the molecule is CCC(C)COc1cccc(/C(C)=N/O)c1O. The Bertz CT molecular complexity index is 402. The number of para-hydroxylation sites is 1. The molecular weight excluding hydrogens is 218 g/mol. The fourth-order valence-corrected chi connectivity index (χ4v) is 1.33. The summed E-state index contributed by atoms with van der Waals surface area (Å²) in [5.41, 5.74) is 0.839. The third kappa shape index (κ3) is 3.37. The molecule has 1 rings (SSSR count). The van der Waals surface area contributed by atoms with Gasteiger partial charge in [0.15, 0.2) is 11.5 Å². The number of ether oxygens (including phenoxy) is 1. The predicted molar refractivity (Wildman–Crippen MR) is 67.1 cm³/mol. The highest BCUT2D eigenvalue weighted by Crippen LogP contribution is 2.30. The molecule has 0 spiro atoms. The smallest absolute Gasteiger partial charge is 0.167 e. The molecule has 0 bridgehead atoms. The van der Waals surface area contributed by atoms with Crippen LogP contribution in [-0.4, -0.2) is 22.6 Å². The van der Waals surface area contributed by atoms with Crippen LogP contribution >= 0.6 is 0 Å². The average molecular weight is 237 g/mol. The Labute approximate surface area is 102 Å². The lowest BCUT2D eigenvalue weighted by molar-refractivity contribution is 0.246. The van der Waals surface area contributed by atoms with Crippen LogP contribution in [0.2, 0.25) is 0 Å². The van der Waals surface area contributed by atoms with Gasteiger partial charge in [0.05, 0.1) is 12.3 Å². The largest absolute Gasteiger partial charge is 0.504 e. The molecule has 0 radical (unpaired) electrons. The summed E-state index contributed by atoms with van der Waals surface area (Å²) in [7, 11) is 0. The lowest BCUT2D eigenvalue weighted by Gasteiger charge is -2.13. The number of aromatic hydroxyl groups is 1. The van der Waals surface area contributed by atoms with E-state index in [2.05, 4.69) is 19.0 Å². The summed E-state index contributed by atoms with van der Waals surface area (Å²) in [5, 5.41) is 21.7. The number of phenolic OH excluding ortho intramolecular Hbond substituents is 1. The summed E-state index contributed by atoms with van der Waals surface area (Å²) in [6.45, 7) is 6.35. The van der Waals surface area contributed by atoms with Gasteiger partial charge < -0.3 is 15.1 Å². The van der Waals surface area contributed by atoms with E-state index in [0.29, 0.717) is 29.5 Å². The van der Waals surface area contributed by atoms with Crippen molar-refractivity contribution in [2.75, 3.05) is 6.61 Å². The van der Waals surface area contributed by atoms with Gasteiger partial charge in [0.1, 0.15) is 0 Å². The van der Waals surface area contributed by atoms with Crippen LogP contribution in [-0.2, 0) is 0 Å². The molecule has 0 aliphatic rings. The first-order chi connectivity index (χ1) is 8.10. The zero-order valence-electron chi connectivity index (χ0n) is 10.5. The molecule has 1 unspecified atom stereocenters.